The number of hydrogen-bond acceptors (Lipinski definition) is 4. The number of hydrogen-bond donors (Lipinski definition) is 0. The van der Waals surface area contributed by atoms with Gasteiger partial charge in [-0.25, -0.2) is 0 Å². The van der Waals surface area contributed by atoms with Crippen LogP contribution in [0, 0.1) is 0 Å². The van der Waals surface area contributed by atoms with Crippen molar-refractivity contribution in [1.29, 1.82) is 0 Å². The van der Waals surface area contributed by atoms with Gasteiger partial charge in [-0.2, -0.15) is 0 Å². The number of halogens is 2. The standard InChI is InChI=1S/C22H30Cl2N2O3/c1-25(21(27)15-28-16-5-6-17(23)18(24)13-16)19-7-9-22(8-4-12-29-22)14-20(19)26-10-2-3-11-26/h5-6,13,19-20H,2-4,7-12,14-15H2,1H3/t19-,20-,22-/m1/s1. The molecule has 1 aromatic carbocycles. The van der Waals surface area contributed by atoms with Gasteiger partial charge in [-0.05, 0) is 70.2 Å². The molecule has 0 aromatic heterocycles. The van der Waals surface area contributed by atoms with Gasteiger partial charge in [0.25, 0.3) is 5.91 Å². The van der Waals surface area contributed by atoms with Crippen molar-refractivity contribution in [2.45, 2.75) is 62.6 Å². The van der Waals surface area contributed by atoms with E-state index in [4.69, 9.17) is 32.7 Å². The Morgan fingerprint density at radius 3 is 2.72 bits per heavy atom. The fourth-order valence-electron chi connectivity index (χ4n) is 5.23. The Labute approximate surface area is 183 Å². The van der Waals surface area contributed by atoms with E-state index in [2.05, 4.69) is 4.90 Å². The number of nitrogens with zero attached hydrogens (tertiary/aromatic N) is 2. The van der Waals surface area contributed by atoms with E-state index in [9.17, 15) is 4.79 Å². The molecule has 160 valence electrons. The Morgan fingerprint density at radius 1 is 1.24 bits per heavy atom. The summed E-state index contributed by atoms with van der Waals surface area (Å²) in [5.41, 5.74) is 0.0319. The zero-order chi connectivity index (χ0) is 20.4. The molecule has 1 aliphatic carbocycles. The van der Waals surface area contributed by atoms with Gasteiger partial charge in [0.15, 0.2) is 6.61 Å². The van der Waals surface area contributed by atoms with E-state index in [0.29, 0.717) is 21.8 Å². The number of amides is 1. The maximum atomic E-state index is 12.9. The van der Waals surface area contributed by atoms with E-state index in [-0.39, 0.29) is 24.2 Å². The highest BCUT2D eigenvalue weighted by atomic mass is 35.5. The predicted molar refractivity (Wildman–Crippen MR) is 115 cm³/mol. The zero-order valence-corrected chi connectivity index (χ0v) is 18.6. The molecular formula is C22H30Cl2N2O3. The fraction of sp³-hybridized carbons (Fsp3) is 0.682. The molecule has 2 heterocycles. The third kappa shape index (κ3) is 4.68. The number of benzene rings is 1. The summed E-state index contributed by atoms with van der Waals surface area (Å²) in [5, 5.41) is 0.898. The Bertz CT molecular complexity index is 733. The average molecular weight is 441 g/mol. The highest BCUT2D eigenvalue weighted by Gasteiger charge is 2.47. The van der Waals surface area contributed by atoms with Crippen LogP contribution in [0.1, 0.15) is 44.9 Å². The molecule has 0 unspecified atom stereocenters. The van der Waals surface area contributed by atoms with Gasteiger partial charge in [0.1, 0.15) is 5.75 Å². The Hall–Kier alpha value is -1.01. The minimum Gasteiger partial charge on any atom is -0.484 e. The Morgan fingerprint density at radius 2 is 2.03 bits per heavy atom. The summed E-state index contributed by atoms with van der Waals surface area (Å²) in [4.78, 5) is 17.4. The molecule has 1 amide bonds. The third-order valence-corrected chi connectivity index (χ3v) is 7.60. The number of carbonyl (C=O) groups is 1. The number of ether oxygens (including phenoxy) is 2. The van der Waals surface area contributed by atoms with Gasteiger partial charge in [0.05, 0.1) is 15.6 Å². The number of rotatable bonds is 5. The number of carbonyl (C=O) groups excluding carboxylic acids is 1. The van der Waals surface area contributed by atoms with E-state index < -0.39 is 0 Å². The average Bonchev–Trinajstić information content (AvgIpc) is 3.41. The number of likely N-dealkylation sites (tertiary alicyclic amines) is 1. The molecule has 0 bridgehead atoms. The summed E-state index contributed by atoms with van der Waals surface area (Å²) in [6, 6.07) is 5.62. The Balaban J connectivity index is 1.41. The highest BCUT2D eigenvalue weighted by Crippen LogP contribution is 2.43. The van der Waals surface area contributed by atoms with Gasteiger partial charge in [-0.15, -0.1) is 0 Å². The van der Waals surface area contributed by atoms with Gasteiger partial charge in [-0.3, -0.25) is 9.69 Å². The van der Waals surface area contributed by atoms with E-state index >= 15 is 0 Å². The molecule has 5 nitrogen and oxygen atoms in total. The van der Waals surface area contributed by atoms with Crippen LogP contribution < -0.4 is 4.74 Å². The first kappa shape index (κ1) is 21.2. The van der Waals surface area contributed by atoms with Crippen LogP contribution in [0.2, 0.25) is 10.0 Å². The second kappa shape index (κ2) is 9.01. The van der Waals surface area contributed by atoms with Gasteiger partial charge in [0, 0.05) is 31.8 Å². The number of likely N-dealkylation sites (N-methyl/N-ethyl adjacent to an activating group) is 1. The van der Waals surface area contributed by atoms with E-state index in [1.807, 2.05) is 11.9 Å². The molecule has 2 aliphatic heterocycles. The van der Waals surface area contributed by atoms with Gasteiger partial charge in [-0.1, -0.05) is 23.2 Å². The van der Waals surface area contributed by atoms with Crippen LogP contribution in [0.3, 0.4) is 0 Å². The maximum absolute atomic E-state index is 12.9. The summed E-state index contributed by atoms with van der Waals surface area (Å²) in [6.45, 7) is 3.13. The zero-order valence-electron chi connectivity index (χ0n) is 17.0. The molecule has 4 rings (SSSR count). The molecule has 0 radical (unpaired) electrons. The van der Waals surface area contributed by atoms with Crippen LogP contribution in [-0.4, -0.2) is 66.7 Å². The molecule has 3 atom stereocenters. The summed E-state index contributed by atoms with van der Waals surface area (Å²) in [6.07, 6.45) is 7.85. The lowest BCUT2D eigenvalue weighted by atomic mass is 9.76. The molecule has 1 saturated carbocycles. The molecule has 0 N–H and O–H groups in total. The van der Waals surface area contributed by atoms with Crippen molar-refractivity contribution in [3.8, 4) is 5.75 Å². The lowest BCUT2D eigenvalue weighted by Gasteiger charge is -2.48. The van der Waals surface area contributed by atoms with E-state index in [1.54, 1.807) is 18.2 Å². The van der Waals surface area contributed by atoms with Crippen molar-refractivity contribution >= 4 is 29.1 Å². The van der Waals surface area contributed by atoms with Crippen LogP contribution in [0.25, 0.3) is 0 Å². The summed E-state index contributed by atoms with van der Waals surface area (Å²) >= 11 is 12.0. The molecule has 3 aliphatic rings. The van der Waals surface area contributed by atoms with Crippen LogP contribution >= 0.6 is 23.2 Å². The lowest BCUT2D eigenvalue weighted by molar-refractivity contribution is -0.139. The van der Waals surface area contributed by atoms with Crippen LogP contribution in [0.4, 0.5) is 0 Å². The monoisotopic (exact) mass is 440 g/mol. The first-order valence-electron chi connectivity index (χ1n) is 10.7. The summed E-state index contributed by atoms with van der Waals surface area (Å²) in [5.74, 6) is 0.549. The van der Waals surface area contributed by atoms with Crippen molar-refractivity contribution in [3.05, 3.63) is 28.2 Å². The smallest absolute Gasteiger partial charge is 0.260 e. The molecule has 1 spiro atoms. The van der Waals surface area contributed by atoms with Crippen molar-refractivity contribution in [1.82, 2.24) is 9.80 Å². The third-order valence-electron chi connectivity index (χ3n) is 6.86. The maximum Gasteiger partial charge on any atom is 0.260 e. The lowest BCUT2D eigenvalue weighted by Crippen LogP contribution is -2.58. The van der Waals surface area contributed by atoms with Crippen molar-refractivity contribution < 1.29 is 14.3 Å². The van der Waals surface area contributed by atoms with Crippen molar-refractivity contribution in [2.75, 3.05) is 33.4 Å². The van der Waals surface area contributed by atoms with Crippen molar-refractivity contribution in [2.24, 2.45) is 0 Å². The molecule has 1 aromatic rings. The summed E-state index contributed by atoms with van der Waals surface area (Å²) < 4.78 is 11.9. The van der Waals surface area contributed by atoms with Crippen LogP contribution in [-0.2, 0) is 9.53 Å². The second-order valence-electron chi connectivity index (χ2n) is 8.62. The summed E-state index contributed by atoms with van der Waals surface area (Å²) in [7, 11) is 1.92. The van der Waals surface area contributed by atoms with E-state index in [0.717, 1.165) is 51.8 Å². The molecule has 29 heavy (non-hydrogen) atoms. The predicted octanol–water partition coefficient (Wildman–Crippen LogP) is 4.40. The van der Waals surface area contributed by atoms with Gasteiger partial charge in [0.2, 0.25) is 0 Å². The quantitative estimate of drug-likeness (QED) is 0.680. The molecular weight excluding hydrogens is 411 g/mol. The van der Waals surface area contributed by atoms with Crippen molar-refractivity contribution in [3.63, 3.8) is 0 Å². The van der Waals surface area contributed by atoms with Gasteiger partial charge < -0.3 is 14.4 Å². The van der Waals surface area contributed by atoms with Crippen LogP contribution in [0.15, 0.2) is 18.2 Å². The van der Waals surface area contributed by atoms with Gasteiger partial charge >= 0.3 is 0 Å². The highest BCUT2D eigenvalue weighted by molar-refractivity contribution is 6.42. The fourth-order valence-corrected chi connectivity index (χ4v) is 5.52. The van der Waals surface area contributed by atoms with E-state index in [1.165, 1.54) is 12.8 Å². The Kier molecular flexibility index (Phi) is 6.59. The molecule has 2 saturated heterocycles. The molecule has 3 fully saturated rings. The largest absolute Gasteiger partial charge is 0.484 e. The normalized spacial score (nSPS) is 30.0. The second-order valence-corrected chi connectivity index (χ2v) is 9.44. The topological polar surface area (TPSA) is 42.0 Å². The SMILES string of the molecule is CN(C(=O)COc1ccc(Cl)c(Cl)c1)[C@@H]1CC[C@]2(CCCO2)C[C@H]1N1CCCC1. The minimum absolute atomic E-state index is 0.000671. The first-order chi connectivity index (χ1) is 14.0. The first-order valence-corrected chi connectivity index (χ1v) is 11.4. The minimum atomic E-state index is -0.00596. The van der Waals surface area contributed by atoms with Crippen LogP contribution in [0.5, 0.6) is 5.75 Å². The molecule has 7 heteroatoms.